The number of hydrogen-bond acceptors (Lipinski definition) is 6. The van der Waals surface area contributed by atoms with E-state index in [2.05, 4.69) is 25.7 Å². The zero-order valence-electron chi connectivity index (χ0n) is 10.7. The van der Waals surface area contributed by atoms with E-state index in [9.17, 15) is 4.79 Å². The predicted molar refractivity (Wildman–Crippen MR) is 75.0 cm³/mol. The molecule has 7 nitrogen and oxygen atoms in total. The summed E-state index contributed by atoms with van der Waals surface area (Å²) < 4.78 is 0. The van der Waals surface area contributed by atoms with E-state index in [0.717, 1.165) is 5.69 Å². The van der Waals surface area contributed by atoms with Crippen LogP contribution in [0, 0.1) is 6.92 Å². The highest BCUT2D eigenvalue weighted by Gasteiger charge is 2.09. The minimum absolute atomic E-state index is 0.273. The van der Waals surface area contributed by atoms with Crippen molar-refractivity contribution in [1.29, 1.82) is 0 Å². The first kappa shape index (κ1) is 14.2. The first-order valence-electron chi connectivity index (χ1n) is 5.78. The van der Waals surface area contributed by atoms with Crippen LogP contribution in [0.4, 0.5) is 5.82 Å². The van der Waals surface area contributed by atoms with Crippen molar-refractivity contribution in [3.05, 3.63) is 46.6 Å². The fraction of sp³-hybridized carbons (Fsp3) is 0.167. The SMILES string of the molecule is Cc1cnc(CNC(=O)c2cnc(NN)c(Cl)c2)cn1. The average Bonchev–Trinajstić information content (AvgIpc) is 2.46. The Hall–Kier alpha value is -2.25. The van der Waals surface area contributed by atoms with Crippen LogP contribution in [0.5, 0.6) is 0 Å². The number of nitrogen functional groups attached to an aromatic ring is 1. The quantitative estimate of drug-likeness (QED) is 0.574. The summed E-state index contributed by atoms with van der Waals surface area (Å²) >= 11 is 5.90. The minimum Gasteiger partial charge on any atom is -0.346 e. The van der Waals surface area contributed by atoms with Gasteiger partial charge < -0.3 is 10.7 Å². The average molecular weight is 293 g/mol. The van der Waals surface area contributed by atoms with Crippen LogP contribution < -0.4 is 16.6 Å². The first-order chi connectivity index (χ1) is 9.60. The highest BCUT2D eigenvalue weighted by atomic mass is 35.5. The number of halogens is 1. The molecule has 0 saturated heterocycles. The van der Waals surface area contributed by atoms with Crippen molar-refractivity contribution in [3.63, 3.8) is 0 Å². The first-order valence-corrected chi connectivity index (χ1v) is 6.16. The zero-order valence-corrected chi connectivity index (χ0v) is 11.5. The molecule has 4 N–H and O–H groups in total. The van der Waals surface area contributed by atoms with Crippen LogP contribution in [0.1, 0.15) is 21.7 Å². The maximum absolute atomic E-state index is 11.9. The normalized spacial score (nSPS) is 10.2. The van der Waals surface area contributed by atoms with E-state index < -0.39 is 0 Å². The summed E-state index contributed by atoms with van der Waals surface area (Å²) in [5, 5.41) is 2.98. The zero-order chi connectivity index (χ0) is 14.5. The van der Waals surface area contributed by atoms with Crippen LogP contribution in [0.25, 0.3) is 0 Å². The second-order valence-electron chi connectivity index (χ2n) is 4.03. The molecule has 0 atom stereocenters. The molecule has 0 unspecified atom stereocenters. The van der Waals surface area contributed by atoms with Crippen LogP contribution in [0.2, 0.25) is 5.02 Å². The molecule has 2 heterocycles. The predicted octanol–water partition coefficient (Wildman–Crippen LogP) is 1.05. The molecule has 0 saturated carbocycles. The van der Waals surface area contributed by atoms with Gasteiger partial charge in [0.1, 0.15) is 0 Å². The van der Waals surface area contributed by atoms with Gasteiger partial charge in [-0.1, -0.05) is 11.6 Å². The Morgan fingerprint density at radius 3 is 2.70 bits per heavy atom. The fourth-order valence-corrected chi connectivity index (χ4v) is 1.67. The van der Waals surface area contributed by atoms with E-state index in [1.54, 1.807) is 12.4 Å². The number of anilines is 1. The maximum atomic E-state index is 11.9. The molecule has 0 radical (unpaired) electrons. The fourth-order valence-electron chi connectivity index (χ4n) is 1.45. The Labute approximate surface area is 120 Å². The van der Waals surface area contributed by atoms with E-state index in [-0.39, 0.29) is 17.5 Å². The molecule has 0 aliphatic carbocycles. The van der Waals surface area contributed by atoms with Crippen LogP contribution in [0.15, 0.2) is 24.7 Å². The second-order valence-corrected chi connectivity index (χ2v) is 4.44. The molecule has 0 aromatic carbocycles. The van der Waals surface area contributed by atoms with Crippen molar-refractivity contribution in [2.75, 3.05) is 5.43 Å². The molecule has 0 bridgehead atoms. The van der Waals surface area contributed by atoms with Crippen LogP contribution in [-0.4, -0.2) is 20.9 Å². The highest BCUT2D eigenvalue weighted by molar-refractivity contribution is 6.33. The van der Waals surface area contributed by atoms with E-state index in [0.29, 0.717) is 17.1 Å². The monoisotopic (exact) mass is 292 g/mol. The summed E-state index contributed by atoms with van der Waals surface area (Å²) in [5.74, 6) is 5.22. The molecule has 0 spiro atoms. The number of aryl methyl sites for hydroxylation is 1. The topological polar surface area (TPSA) is 106 Å². The Kier molecular flexibility index (Phi) is 4.44. The lowest BCUT2D eigenvalue weighted by atomic mass is 10.2. The molecule has 0 aliphatic rings. The number of hydrogen-bond donors (Lipinski definition) is 3. The van der Waals surface area contributed by atoms with Gasteiger partial charge in [-0.3, -0.25) is 14.8 Å². The molecule has 1 amide bonds. The molecule has 2 aromatic rings. The number of hydrazine groups is 1. The van der Waals surface area contributed by atoms with Crippen LogP contribution in [-0.2, 0) is 6.54 Å². The van der Waals surface area contributed by atoms with Gasteiger partial charge in [0.2, 0.25) is 0 Å². The van der Waals surface area contributed by atoms with Gasteiger partial charge in [-0.25, -0.2) is 10.8 Å². The Morgan fingerprint density at radius 1 is 1.30 bits per heavy atom. The standard InChI is InChI=1S/C12H13ClN6O/c1-7-3-16-9(5-15-7)6-18-12(20)8-2-10(13)11(19-14)17-4-8/h2-5H,6,14H2,1H3,(H,17,19)(H,18,20). The third-order valence-corrected chi connectivity index (χ3v) is 2.79. The minimum atomic E-state index is -0.301. The lowest BCUT2D eigenvalue weighted by Gasteiger charge is -2.07. The Balaban J connectivity index is 2.01. The van der Waals surface area contributed by atoms with Crippen LogP contribution >= 0.6 is 11.6 Å². The number of nitrogens with one attached hydrogen (secondary N) is 2. The molecule has 2 rings (SSSR count). The number of aromatic nitrogens is 3. The van der Waals surface area contributed by atoms with E-state index >= 15 is 0 Å². The van der Waals surface area contributed by atoms with E-state index in [1.807, 2.05) is 6.92 Å². The van der Waals surface area contributed by atoms with Gasteiger partial charge in [0.15, 0.2) is 5.82 Å². The molecule has 20 heavy (non-hydrogen) atoms. The number of carbonyl (C=O) groups is 1. The van der Waals surface area contributed by atoms with Gasteiger partial charge in [0.05, 0.1) is 34.7 Å². The molecule has 8 heteroatoms. The number of amides is 1. The van der Waals surface area contributed by atoms with Crippen molar-refractivity contribution in [1.82, 2.24) is 20.3 Å². The molecular weight excluding hydrogens is 280 g/mol. The van der Waals surface area contributed by atoms with Crippen molar-refractivity contribution in [2.45, 2.75) is 13.5 Å². The highest BCUT2D eigenvalue weighted by Crippen LogP contribution is 2.18. The molecule has 2 aromatic heterocycles. The van der Waals surface area contributed by atoms with Gasteiger partial charge in [-0.2, -0.15) is 0 Å². The van der Waals surface area contributed by atoms with Crippen molar-refractivity contribution >= 4 is 23.3 Å². The van der Waals surface area contributed by atoms with Gasteiger partial charge in [0.25, 0.3) is 5.91 Å². The van der Waals surface area contributed by atoms with Crippen molar-refractivity contribution < 1.29 is 4.79 Å². The molecular formula is C12H13ClN6O. The number of rotatable bonds is 4. The third-order valence-electron chi connectivity index (χ3n) is 2.50. The second kappa shape index (κ2) is 6.27. The third kappa shape index (κ3) is 3.40. The molecule has 0 fully saturated rings. The van der Waals surface area contributed by atoms with Crippen molar-refractivity contribution in [3.8, 4) is 0 Å². The lowest BCUT2D eigenvalue weighted by molar-refractivity contribution is 0.0950. The maximum Gasteiger partial charge on any atom is 0.253 e. The number of pyridine rings is 1. The Bertz CT molecular complexity index is 616. The molecule has 0 aliphatic heterocycles. The van der Waals surface area contributed by atoms with Gasteiger partial charge >= 0.3 is 0 Å². The Morgan fingerprint density at radius 2 is 2.10 bits per heavy atom. The smallest absolute Gasteiger partial charge is 0.253 e. The summed E-state index contributed by atoms with van der Waals surface area (Å²) in [6, 6.07) is 1.49. The van der Waals surface area contributed by atoms with Crippen LogP contribution in [0.3, 0.4) is 0 Å². The lowest BCUT2D eigenvalue weighted by Crippen LogP contribution is -2.23. The number of carbonyl (C=O) groups excluding carboxylic acids is 1. The summed E-state index contributed by atoms with van der Waals surface area (Å²) in [4.78, 5) is 24.1. The summed E-state index contributed by atoms with van der Waals surface area (Å²) in [6.45, 7) is 2.12. The van der Waals surface area contributed by atoms with Gasteiger partial charge in [0, 0.05) is 12.4 Å². The summed E-state index contributed by atoms with van der Waals surface area (Å²) in [6.07, 6.45) is 4.64. The summed E-state index contributed by atoms with van der Waals surface area (Å²) in [5.41, 5.74) is 4.16. The largest absolute Gasteiger partial charge is 0.346 e. The molecule has 104 valence electrons. The van der Waals surface area contributed by atoms with Gasteiger partial charge in [-0.05, 0) is 13.0 Å². The number of nitrogens with zero attached hydrogens (tertiary/aromatic N) is 3. The van der Waals surface area contributed by atoms with E-state index in [1.165, 1.54) is 12.3 Å². The van der Waals surface area contributed by atoms with E-state index in [4.69, 9.17) is 17.4 Å². The van der Waals surface area contributed by atoms with Crippen molar-refractivity contribution in [2.24, 2.45) is 5.84 Å². The van der Waals surface area contributed by atoms with Gasteiger partial charge in [-0.15, -0.1) is 0 Å². The number of nitrogens with two attached hydrogens (primary N) is 1. The summed E-state index contributed by atoms with van der Waals surface area (Å²) in [7, 11) is 0.